The predicted octanol–water partition coefficient (Wildman–Crippen LogP) is 6.87. The summed E-state index contributed by atoms with van der Waals surface area (Å²) < 4.78 is 0. The maximum atomic E-state index is 2.36. The SMILES string of the molecule is CC.CC1(C)CCC(C)(C)c2ccccc21.CCCC. The van der Waals surface area contributed by atoms with Crippen molar-refractivity contribution in [3.8, 4) is 0 Å². The zero-order valence-electron chi connectivity index (χ0n) is 15.1. The van der Waals surface area contributed by atoms with Gasteiger partial charge in [-0.15, -0.1) is 0 Å². The first-order valence-corrected chi connectivity index (χ1v) is 8.45. The van der Waals surface area contributed by atoms with E-state index in [1.54, 1.807) is 11.1 Å². The van der Waals surface area contributed by atoms with Crippen molar-refractivity contribution in [3.63, 3.8) is 0 Å². The number of unbranched alkanes of at least 4 members (excludes halogenated alkanes) is 1. The van der Waals surface area contributed by atoms with Gasteiger partial charge in [-0.05, 0) is 34.8 Å². The Hall–Kier alpha value is -0.780. The average molecular weight is 277 g/mol. The minimum Gasteiger partial charge on any atom is -0.0683 e. The molecule has 0 spiro atoms. The third kappa shape index (κ3) is 4.96. The molecule has 0 atom stereocenters. The van der Waals surface area contributed by atoms with Crippen LogP contribution in [0.3, 0.4) is 0 Å². The van der Waals surface area contributed by atoms with Crippen molar-refractivity contribution >= 4 is 0 Å². The van der Waals surface area contributed by atoms with Gasteiger partial charge in [0.25, 0.3) is 0 Å². The van der Waals surface area contributed by atoms with E-state index in [-0.39, 0.29) is 0 Å². The molecule has 0 fully saturated rings. The normalized spacial score (nSPS) is 17.8. The molecule has 1 aliphatic rings. The summed E-state index contributed by atoms with van der Waals surface area (Å²) in [5, 5.41) is 0. The first kappa shape index (κ1) is 19.2. The molecule has 0 N–H and O–H groups in total. The van der Waals surface area contributed by atoms with Crippen molar-refractivity contribution in [2.24, 2.45) is 0 Å². The molecule has 1 aromatic rings. The summed E-state index contributed by atoms with van der Waals surface area (Å²) >= 11 is 0. The van der Waals surface area contributed by atoms with Gasteiger partial charge in [0.2, 0.25) is 0 Å². The van der Waals surface area contributed by atoms with Crippen molar-refractivity contribution in [3.05, 3.63) is 35.4 Å². The molecule has 0 heterocycles. The summed E-state index contributed by atoms with van der Waals surface area (Å²) in [6.45, 7) is 17.8. The Morgan fingerprint density at radius 1 is 0.750 bits per heavy atom. The largest absolute Gasteiger partial charge is 0.0683 e. The summed E-state index contributed by atoms with van der Waals surface area (Å²) in [7, 11) is 0. The van der Waals surface area contributed by atoms with Gasteiger partial charge in [-0.1, -0.05) is 92.5 Å². The van der Waals surface area contributed by atoms with Crippen LogP contribution < -0.4 is 0 Å². The van der Waals surface area contributed by atoms with E-state index in [9.17, 15) is 0 Å². The Labute approximate surface area is 128 Å². The van der Waals surface area contributed by atoms with Crippen LogP contribution in [-0.2, 0) is 10.8 Å². The molecule has 0 nitrogen and oxygen atoms in total. The van der Waals surface area contributed by atoms with Gasteiger partial charge in [0.15, 0.2) is 0 Å². The van der Waals surface area contributed by atoms with Crippen LogP contribution in [0.2, 0.25) is 0 Å². The lowest BCUT2D eigenvalue weighted by molar-refractivity contribution is 0.332. The Kier molecular flexibility index (Phi) is 8.16. The van der Waals surface area contributed by atoms with Crippen molar-refractivity contribution in [2.45, 2.75) is 91.9 Å². The fourth-order valence-corrected chi connectivity index (χ4v) is 2.56. The summed E-state index contributed by atoms with van der Waals surface area (Å²) in [5.41, 5.74) is 3.84. The summed E-state index contributed by atoms with van der Waals surface area (Å²) in [6.07, 6.45) is 5.24. The molecule has 0 bridgehead atoms. The summed E-state index contributed by atoms with van der Waals surface area (Å²) in [6, 6.07) is 8.94. The molecule has 0 heteroatoms. The van der Waals surface area contributed by atoms with Gasteiger partial charge in [-0.3, -0.25) is 0 Å². The van der Waals surface area contributed by atoms with E-state index in [2.05, 4.69) is 65.8 Å². The number of benzene rings is 1. The number of rotatable bonds is 1. The zero-order valence-corrected chi connectivity index (χ0v) is 15.1. The smallest absolute Gasteiger partial charge is 0.0100 e. The molecular formula is C20H36. The molecule has 0 saturated heterocycles. The lowest BCUT2D eigenvalue weighted by Gasteiger charge is -2.41. The Bertz CT molecular complexity index is 334. The number of fused-ring (bicyclic) bond motifs is 1. The van der Waals surface area contributed by atoms with Crippen LogP contribution in [0.1, 0.15) is 92.2 Å². The fraction of sp³-hybridized carbons (Fsp3) is 0.700. The molecule has 1 aliphatic carbocycles. The average Bonchev–Trinajstić information content (AvgIpc) is 2.47. The van der Waals surface area contributed by atoms with Gasteiger partial charge in [0, 0.05) is 0 Å². The Balaban J connectivity index is 0.000000521. The number of hydrogen-bond acceptors (Lipinski definition) is 0. The van der Waals surface area contributed by atoms with E-state index in [1.165, 1.54) is 25.7 Å². The molecule has 0 aliphatic heterocycles. The lowest BCUT2D eigenvalue weighted by atomic mass is 9.63. The van der Waals surface area contributed by atoms with Crippen molar-refractivity contribution < 1.29 is 0 Å². The van der Waals surface area contributed by atoms with E-state index < -0.39 is 0 Å². The topological polar surface area (TPSA) is 0 Å². The van der Waals surface area contributed by atoms with Crippen molar-refractivity contribution in [2.75, 3.05) is 0 Å². The highest BCUT2D eigenvalue weighted by molar-refractivity contribution is 5.40. The Morgan fingerprint density at radius 3 is 1.30 bits per heavy atom. The maximum absolute atomic E-state index is 2.36. The molecule has 1 aromatic carbocycles. The molecule has 0 radical (unpaired) electrons. The van der Waals surface area contributed by atoms with Crippen LogP contribution in [-0.4, -0.2) is 0 Å². The predicted molar refractivity (Wildman–Crippen MR) is 93.7 cm³/mol. The molecule has 116 valence electrons. The lowest BCUT2D eigenvalue weighted by Crippen LogP contribution is -2.33. The molecule has 2 rings (SSSR count). The van der Waals surface area contributed by atoms with Crippen LogP contribution in [0.15, 0.2) is 24.3 Å². The molecule has 0 unspecified atom stereocenters. The summed E-state index contributed by atoms with van der Waals surface area (Å²) in [5.74, 6) is 0. The van der Waals surface area contributed by atoms with E-state index in [0.29, 0.717) is 10.8 Å². The standard InChI is InChI=1S/C14H20.C4H10.C2H6/c1-13(2)9-10-14(3,4)12-8-6-5-7-11(12)13;1-3-4-2;1-2/h5-8H,9-10H2,1-4H3;3-4H2,1-2H3;1-2H3. The first-order chi connectivity index (χ1) is 9.35. The number of hydrogen-bond donors (Lipinski definition) is 0. The van der Waals surface area contributed by atoms with Crippen LogP contribution >= 0.6 is 0 Å². The molecular weight excluding hydrogens is 240 g/mol. The highest BCUT2D eigenvalue weighted by atomic mass is 14.4. The van der Waals surface area contributed by atoms with E-state index in [0.717, 1.165) is 0 Å². The highest BCUT2D eigenvalue weighted by Gasteiger charge is 2.36. The van der Waals surface area contributed by atoms with Gasteiger partial charge in [0.1, 0.15) is 0 Å². The summed E-state index contributed by atoms with van der Waals surface area (Å²) in [4.78, 5) is 0. The van der Waals surface area contributed by atoms with Crippen molar-refractivity contribution in [1.29, 1.82) is 0 Å². The van der Waals surface area contributed by atoms with Crippen molar-refractivity contribution in [1.82, 2.24) is 0 Å². The maximum Gasteiger partial charge on any atom is -0.0100 e. The van der Waals surface area contributed by atoms with Gasteiger partial charge in [0.05, 0.1) is 0 Å². The molecule has 0 amide bonds. The van der Waals surface area contributed by atoms with Gasteiger partial charge < -0.3 is 0 Å². The second-order valence-electron chi connectivity index (χ2n) is 6.81. The molecule has 0 aromatic heterocycles. The minimum atomic E-state index is 0.367. The first-order valence-electron chi connectivity index (χ1n) is 8.45. The third-order valence-electron chi connectivity index (χ3n) is 4.26. The zero-order chi connectivity index (χ0) is 15.8. The second kappa shape index (κ2) is 8.49. The van der Waals surface area contributed by atoms with Gasteiger partial charge in [-0.2, -0.15) is 0 Å². The van der Waals surface area contributed by atoms with Crippen LogP contribution in [0.4, 0.5) is 0 Å². The molecule has 0 saturated carbocycles. The van der Waals surface area contributed by atoms with Crippen LogP contribution in [0, 0.1) is 0 Å². The van der Waals surface area contributed by atoms with E-state index in [1.807, 2.05) is 13.8 Å². The monoisotopic (exact) mass is 276 g/mol. The second-order valence-corrected chi connectivity index (χ2v) is 6.81. The quantitative estimate of drug-likeness (QED) is 0.525. The van der Waals surface area contributed by atoms with E-state index >= 15 is 0 Å². The molecule has 20 heavy (non-hydrogen) atoms. The van der Waals surface area contributed by atoms with Gasteiger partial charge >= 0.3 is 0 Å². The Morgan fingerprint density at radius 2 is 1.05 bits per heavy atom. The van der Waals surface area contributed by atoms with Crippen LogP contribution in [0.25, 0.3) is 0 Å². The third-order valence-corrected chi connectivity index (χ3v) is 4.26. The highest BCUT2D eigenvalue weighted by Crippen LogP contribution is 2.45. The fourth-order valence-electron chi connectivity index (χ4n) is 2.56. The van der Waals surface area contributed by atoms with Crippen LogP contribution in [0.5, 0.6) is 0 Å². The van der Waals surface area contributed by atoms with Gasteiger partial charge in [-0.25, -0.2) is 0 Å². The minimum absolute atomic E-state index is 0.367. The van der Waals surface area contributed by atoms with E-state index in [4.69, 9.17) is 0 Å².